The van der Waals surface area contributed by atoms with Crippen molar-refractivity contribution in [3.63, 3.8) is 0 Å². The second-order valence-corrected chi connectivity index (χ2v) is 3.60. The molecule has 0 amide bonds. The summed E-state index contributed by atoms with van der Waals surface area (Å²) in [6.07, 6.45) is 1.46. The fourth-order valence-electron chi connectivity index (χ4n) is 0.894. The number of carboxylic acids is 1. The number of carboxylic acid groups (broad SMARTS) is 1. The van der Waals surface area contributed by atoms with Gasteiger partial charge < -0.3 is 5.11 Å². The summed E-state index contributed by atoms with van der Waals surface area (Å²) >= 11 is 0. The smallest absolute Gasteiger partial charge is 0.336 e. The van der Waals surface area contributed by atoms with Gasteiger partial charge in [0.05, 0.1) is 21.3 Å². The van der Waals surface area contributed by atoms with E-state index in [9.17, 15) is 9.00 Å². The SMILES string of the molecule is C[S@](=O)c1ccccc1C(=O)O. The van der Waals surface area contributed by atoms with E-state index >= 15 is 0 Å². The first-order valence-corrected chi connectivity index (χ1v) is 4.84. The normalized spacial score (nSPS) is 12.4. The molecule has 0 bridgehead atoms. The van der Waals surface area contributed by atoms with Crippen LogP contribution in [0.4, 0.5) is 0 Å². The Bertz CT molecular complexity index is 300. The zero-order valence-electron chi connectivity index (χ0n) is 6.48. The van der Waals surface area contributed by atoms with Crippen LogP contribution < -0.4 is 0 Å². The second kappa shape index (κ2) is 3.49. The van der Waals surface area contributed by atoms with E-state index in [1.807, 2.05) is 0 Å². The van der Waals surface area contributed by atoms with Crippen LogP contribution >= 0.6 is 0 Å². The number of benzene rings is 1. The third-order valence-corrected chi connectivity index (χ3v) is 2.40. The first-order valence-electron chi connectivity index (χ1n) is 3.28. The first-order chi connectivity index (χ1) is 5.63. The van der Waals surface area contributed by atoms with Gasteiger partial charge in [-0.3, -0.25) is 4.21 Å². The molecule has 1 aromatic rings. The molecule has 0 aliphatic rings. The summed E-state index contributed by atoms with van der Waals surface area (Å²) in [7, 11) is -1.24. The van der Waals surface area contributed by atoms with E-state index in [0.29, 0.717) is 4.90 Å². The van der Waals surface area contributed by atoms with E-state index in [4.69, 9.17) is 5.11 Å². The maximum atomic E-state index is 11.0. The fraction of sp³-hybridized carbons (Fsp3) is 0.125. The molecule has 0 saturated heterocycles. The van der Waals surface area contributed by atoms with E-state index in [1.54, 1.807) is 18.2 Å². The first kappa shape index (κ1) is 8.93. The van der Waals surface area contributed by atoms with Gasteiger partial charge in [0.25, 0.3) is 0 Å². The molecule has 12 heavy (non-hydrogen) atoms. The van der Waals surface area contributed by atoms with Gasteiger partial charge in [0.1, 0.15) is 0 Å². The Morgan fingerprint density at radius 2 is 2.00 bits per heavy atom. The van der Waals surface area contributed by atoms with E-state index in [2.05, 4.69) is 0 Å². The van der Waals surface area contributed by atoms with Gasteiger partial charge >= 0.3 is 5.97 Å². The van der Waals surface area contributed by atoms with Gasteiger partial charge in [-0.05, 0) is 12.1 Å². The highest BCUT2D eigenvalue weighted by Crippen LogP contribution is 2.11. The minimum Gasteiger partial charge on any atom is -0.478 e. The highest BCUT2D eigenvalue weighted by atomic mass is 32.2. The summed E-state index contributed by atoms with van der Waals surface area (Å²) in [5.41, 5.74) is 0.110. The molecule has 0 unspecified atom stereocenters. The molecular formula is C8H8O3S. The van der Waals surface area contributed by atoms with Crippen molar-refractivity contribution in [2.24, 2.45) is 0 Å². The molecule has 0 radical (unpaired) electrons. The monoisotopic (exact) mass is 184 g/mol. The molecule has 0 heterocycles. The standard InChI is InChI=1S/C8H8O3S/c1-12(11)7-5-3-2-4-6(7)8(9)10/h2-5H,1H3,(H,9,10)/t12-/m0/s1. The van der Waals surface area contributed by atoms with Crippen LogP contribution in [0, 0.1) is 0 Å². The number of hydrogen-bond acceptors (Lipinski definition) is 2. The van der Waals surface area contributed by atoms with E-state index in [-0.39, 0.29) is 5.56 Å². The Balaban J connectivity index is 3.27. The van der Waals surface area contributed by atoms with Crippen LogP contribution in [0.15, 0.2) is 29.2 Å². The summed E-state index contributed by atoms with van der Waals surface area (Å²) in [4.78, 5) is 11.0. The topological polar surface area (TPSA) is 54.4 Å². The summed E-state index contributed by atoms with van der Waals surface area (Å²) in [6, 6.07) is 6.28. The van der Waals surface area contributed by atoms with Crippen molar-refractivity contribution >= 4 is 16.8 Å². The summed E-state index contributed by atoms with van der Waals surface area (Å²) in [6.45, 7) is 0. The van der Waals surface area contributed by atoms with Crippen LogP contribution in [0.2, 0.25) is 0 Å². The Morgan fingerprint density at radius 1 is 1.42 bits per heavy atom. The van der Waals surface area contributed by atoms with Crippen LogP contribution in [0.5, 0.6) is 0 Å². The van der Waals surface area contributed by atoms with Gasteiger partial charge in [-0.15, -0.1) is 0 Å². The largest absolute Gasteiger partial charge is 0.478 e. The molecule has 0 fully saturated rings. The fourth-order valence-corrected chi connectivity index (χ4v) is 1.63. The quantitative estimate of drug-likeness (QED) is 0.749. The van der Waals surface area contributed by atoms with Gasteiger partial charge in [0, 0.05) is 6.26 Å². The number of hydrogen-bond donors (Lipinski definition) is 1. The van der Waals surface area contributed by atoms with Crippen molar-refractivity contribution in [2.45, 2.75) is 4.90 Å². The van der Waals surface area contributed by atoms with Crippen LogP contribution in [0.1, 0.15) is 10.4 Å². The van der Waals surface area contributed by atoms with Gasteiger partial charge in [-0.25, -0.2) is 4.79 Å². The average Bonchev–Trinajstić information content (AvgIpc) is 2.04. The van der Waals surface area contributed by atoms with Crippen LogP contribution in [0.25, 0.3) is 0 Å². The van der Waals surface area contributed by atoms with Gasteiger partial charge in [0.2, 0.25) is 0 Å². The maximum absolute atomic E-state index is 11.0. The molecule has 0 aromatic heterocycles. The van der Waals surface area contributed by atoms with E-state index in [0.717, 1.165) is 0 Å². The molecule has 64 valence electrons. The maximum Gasteiger partial charge on any atom is 0.336 e. The number of carbonyl (C=O) groups is 1. The van der Waals surface area contributed by atoms with E-state index in [1.165, 1.54) is 12.3 Å². The van der Waals surface area contributed by atoms with Crippen molar-refractivity contribution in [3.8, 4) is 0 Å². The van der Waals surface area contributed by atoms with Crippen molar-refractivity contribution in [1.29, 1.82) is 0 Å². The molecule has 1 aromatic carbocycles. The molecule has 1 atom stereocenters. The third kappa shape index (κ3) is 1.71. The summed E-state index contributed by atoms with van der Waals surface area (Å²) in [5, 5.41) is 8.68. The molecule has 0 saturated carbocycles. The van der Waals surface area contributed by atoms with Crippen molar-refractivity contribution in [1.82, 2.24) is 0 Å². The molecule has 4 heteroatoms. The predicted molar refractivity (Wildman–Crippen MR) is 45.7 cm³/mol. The highest BCUT2D eigenvalue weighted by Gasteiger charge is 2.10. The lowest BCUT2D eigenvalue weighted by molar-refractivity contribution is 0.0693. The van der Waals surface area contributed by atoms with Crippen LogP contribution in [-0.2, 0) is 10.8 Å². The highest BCUT2D eigenvalue weighted by molar-refractivity contribution is 7.84. The molecule has 0 spiro atoms. The summed E-state index contributed by atoms with van der Waals surface area (Å²) in [5.74, 6) is -1.04. The van der Waals surface area contributed by atoms with Crippen LogP contribution in [0.3, 0.4) is 0 Å². The number of aromatic carboxylic acids is 1. The predicted octanol–water partition coefficient (Wildman–Crippen LogP) is 1.12. The molecule has 0 aliphatic carbocycles. The zero-order chi connectivity index (χ0) is 9.14. The van der Waals surface area contributed by atoms with Gasteiger partial charge in [-0.2, -0.15) is 0 Å². The number of rotatable bonds is 2. The van der Waals surface area contributed by atoms with Crippen LogP contribution in [-0.4, -0.2) is 21.5 Å². The molecule has 3 nitrogen and oxygen atoms in total. The van der Waals surface area contributed by atoms with Gasteiger partial charge in [-0.1, -0.05) is 12.1 Å². The minimum atomic E-state index is -1.24. The second-order valence-electron chi connectivity index (χ2n) is 2.26. The Kier molecular flexibility index (Phi) is 2.60. The lowest BCUT2D eigenvalue weighted by Crippen LogP contribution is -2.02. The minimum absolute atomic E-state index is 0.110. The van der Waals surface area contributed by atoms with E-state index < -0.39 is 16.8 Å². The third-order valence-electron chi connectivity index (χ3n) is 1.43. The lowest BCUT2D eigenvalue weighted by atomic mass is 10.2. The van der Waals surface area contributed by atoms with Crippen molar-refractivity contribution < 1.29 is 14.1 Å². The Hall–Kier alpha value is -1.16. The molecule has 1 rings (SSSR count). The van der Waals surface area contributed by atoms with Crippen molar-refractivity contribution in [2.75, 3.05) is 6.26 Å². The lowest BCUT2D eigenvalue weighted by Gasteiger charge is -2.00. The van der Waals surface area contributed by atoms with Crippen molar-refractivity contribution in [3.05, 3.63) is 29.8 Å². The average molecular weight is 184 g/mol. The Morgan fingerprint density at radius 3 is 2.42 bits per heavy atom. The Labute approximate surface area is 72.5 Å². The summed E-state index contributed by atoms with van der Waals surface area (Å²) < 4.78 is 11.0. The molecule has 0 aliphatic heterocycles. The van der Waals surface area contributed by atoms with Gasteiger partial charge in [0.15, 0.2) is 0 Å². The zero-order valence-corrected chi connectivity index (χ0v) is 7.30. The molecule has 1 N–H and O–H groups in total. The molecular weight excluding hydrogens is 176 g/mol.